The molecule has 1 aromatic rings. The zero-order valence-corrected chi connectivity index (χ0v) is 16.6. The van der Waals surface area contributed by atoms with Gasteiger partial charge in [0.15, 0.2) is 0 Å². The van der Waals surface area contributed by atoms with E-state index in [-0.39, 0.29) is 24.1 Å². The fourth-order valence-electron chi connectivity index (χ4n) is 5.86. The Morgan fingerprint density at radius 1 is 1.17 bits per heavy atom. The molecule has 3 amide bonds. The summed E-state index contributed by atoms with van der Waals surface area (Å²) in [7, 11) is 0. The predicted octanol–water partition coefficient (Wildman–Crippen LogP) is 1.05. The van der Waals surface area contributed by atoms with Crippen molar-refractivity contribution in [3.63, 3.8) is 0 Å². The van der Waals surface area contributed by atoms with Crippen LogP contribution in [0.25, 0.3) is 0 Å². The van der Waals surface area contributed by atoms with Gasteiger partial charge in [-0.15, -0.1) is 0 Å². The molecule has 4 N–H and O–H groups in total. The van der Waals surface area contributed by atoms with Crippen LogP contribution in [0.2, 0.25) is 0 Å². The first-order chi connectivity index (χ1) is 14.0. The van der Waals surface area contributed by atoms with Crippen molar-refractivity contribution in [2.24, 2.45) is 17.1 Å². The second-order valence-corrected chi connectivity index (χ2v) is 9.34. The number of nitrogens with one attached hydrogen (secondary N) is 2. The number of nitrogens with zero attached hydrogens (tertiary/aromatic N) is 1. The number of carbonyl (C=O) groups excluding carboxylic acids is 3. The van der Waals surface area contributed by atoms with Crippen LogP contribution in [0.1, 0.15) is 60.0 Å². The molecule has 29 heavy (non-hydrogen) atoms. The Morgan fingerprint density at radius 3 is 2.69 bits per heavy atom. The molecular formula is C22H28N4O3. The summed E-state index contributed by atoms with van der Waals surface area (Å²) >= 11 is 0. The molecule has 0 aromatic heterocycles. The standard InChI is InChI=1S/C22H28N4O3/c23-10-13-6-22(7-13)8-15(9-22)24-11-14-2-1-3-16-17(14)12-26(21(16)29)18-4-5-19(27)25-20(18)28/h1-3,13,15,18,24H,4-12,23H2,(H,25,27,28). The summed E-state index contributed by atoms with van der Waals surface area (Å²) in [6, 6.07) is 5.80. The first-order valence-corrected chi connectivity index (χ1v) is 10.7. The van der Waals surface area contributed by atoms with Crippen LogP contribution in [-0.4, -0.2) is 41.2 Å². The summed E-state index contributed by atoms with van der Waals surface area (Å²) in [6.45, 7) is 1.99. The van der Waals surface area contributed by atoms with Crippen LogP contribution in [0, 0.1) is 11.3 Å². The highest BCUT2D eigenvalue weighted by molar-refractivity contribution is 6.05. The Balaban J connectivity index is 1.22. The first kappa shape index (κ1) is 18.8. The number of amides is 3. The minimum atomic E-state index is -0.561. The van der Waals surface area contributed by atoms with Gasteiger partial charge in [-0.3, -0.25) is 19.7 Å². The Morgan fingerprint density at radius 2 is 1.97 bits per heavy atom. The minimum absolute atomic E-state index is 0.110. The van der Waals surface area contributed by atoms with Crippen molar-refractivity contribution in [1.82, 2.24) is 15.5 Å². The molecule has 4 aliphatic rings. The molecular weight excluding hydrogens is 368 g/mol. The van der Waals surface area contributed by atoms with Crippen molar-refractivity contribution in [2.75, 3.05) is 6.54 Å². The van der Waals surface area contributed by atoms with E-state index < -0.39 is 6.04 Å². The zero-order valence-electron chi connectivity index (χ0n) is 16.6. The van der Waals surface area contributed by atoms with E-state index in [1.54, 1.807) is 4.90 Å². The molecule has 1 unspecified atom stereocenters. The molecule has 2 heterocycles. The van der Waals surface area contributed by atoms with Gasteiger partial charge in [-0.1, -0.05) is 12.1 Å². The average molecular weight is 396 g/mol. The molecule has 1 atom stereocenters. The summed E-state index contributed by atoms with van der Waals surface area (Å²) in [5, 5.41) is 6.02. The van der Waals surface area contributed by atoms with E-state index in [2.05, 4.69) is 16.7 Å². The highest BCUT2D eigenvalue weighted by Gasteiger charge is 2.52. The molecule has 154 valence electrons. The Kier molecular flexibility index (Phi) is 4.47. The van der Waals surface area contributed by atoms with Crippen molar-refractivity contribution in [3.05, 3.63) is 34.9 Å². The number of nitrogens with two attached hydrogens (primary N) is 1. The topological polar surface area (TPSA) is 105 Å². The van der Waals surface area contributed by atoms with E-state index >= 15 is 0 Å². The van der Waals surface area contributed by atoms with Crippen molar-refractivity contribution >= 4 is 17.7 Å². The number of rotatable bonds is 5. The van der Waals surface area contributed by atoms with E-state index in [4.69, 9.17) is 5.73 Å². The summed E-state index contributed by atoms with van der Waals surface area (Å²) in [5.41, 5.74) is 9.12. The monoisotopic (exact) mass is 396 g/mol. The highest BCUT2D eigenvalue weighted by atomic mass is 16.2. The van der Waals surface area contributed by atoms with Crippen LogP contribution in [0.4, 0.5) is 0 Å². The molecule has 2 aliphatic heterocycles. The molecule has 5 rings (SSSR count). The van der Waals surface area contributed by atoms with Gasteiger partial charge in [0.2, 0.25) is 11.8 Å². The second kappa shape index (κ2) is 6.92. The maximum Gasteiger partial charge on any atom is 0.255 e. The van der Waals surface area contributed by atoms with Gasteiger partial charge in [0, 0.05) is 31.1 Å². The predicted molar refractivity (Wildman–Crippen MR) is 107 cm³/mol. The molecule has 0 radical (unpaired) electrons. The van der Waals surface area contributed by atoms with Gasteiger partial charge in [0.05, 0.1) is 0 Å². The molecule has 1 aromatic carbocycles. The maximum absolute atomic E-state index is 12.9. The number of carbonyl (C=O) groups is 3. The molecule has 7 heteroatoms. The van der Waals surface area contributed by atoms with Crippen LogP contribution in [0.5, 0.6) is 0 Å². The van der Waals surface area contributed by atoms with Gasteiger partial charge < -0.3 is 16.0 Å². The van der Waals surface area contributed by atoms with Crippen molar-refractivity contribution in [3.8, 4) is 0 Å². The lowest BCUT2D eigenvalue weighted by molar-refractivity contribution is -0.136. The number of piperidine rings is 1. The Bertz CT molecular complexity index is 869. The third-order valence-electron chi connectivity index (χ3n) is 7.40. The highest BCUT2D eigenvalue weighted by Crippen LogP contribution is 2.58. The SMILES string of the molecule is NCC1CC2(C1)CC(NCc1cccc3c1CN(C1CCC(=O)NC1=O)C3=O)C2. The summed E-state index contributed by atoms with van der Waals surface area (Å²) in [4.78, 5) is 38.2. The van der Waals surface area contributed by atoms with Crippen LogP contribution in [-0.2, 0) is 22.7 Å². The van der Waals surface area contributed by atoms with Gasteiger partial charge in [-0.05, 0) is 67.2 Å². The lowest BCUT2D eigenvalue weighted by Crippen LogP contribution is -2.56. The fraction of sp³-hybridized carbons (Fsp3) is 0.591. The van der Waals surface area contributed by atoms with Crippen molar-refractivity contribution < 1.29 is 14.4 Å². The maximum atomic E-state index is 12.9. The van der Waals surface area contributed by atoms with Crippen LogP contribution >= 0.6 is 0 Å². The minimum Gasteiger partial charge on any atom is -0.330 e. The van der Waals surface area contributed by atoms with E-state index in [1.165, 1.54) is 25.7 Å². The molecule has 2 aliphatic carbocycles. The quantitative estimate of drug-likeness (QED) is 0.646. The van der Waals surface area contributed by atoms with Crippen LogP contribution in [0.3, 0.4) is 0 Å². The van der Waals surface area contributed by atoms with E-state index in [9.17, 15) is 14.4 Å². The Labute approximate surface area is 170 Å². The largest absolute Gasteiger partial charge is 0.330 e. The second-order valence-electron chi connectivity index (χ2n) is 9.34. The zero-order chi connectivity index (χ0) is 20.2. The van der Waals surface area contributed by atoms with Gasteiger partial charge >= 0.3 is 0 Å². The van der Waals surface area contributed by atoms with E-state index in [0.717, 1.165) is 30.1 Å². The van der Waals surface area contributed by atoms with Crippen LogP contribution < -0.4 is 16.4 Å². The average Bonchev–Trinajstić information content (AvgIpc) is 2.97. The molecule has 7 nitrogen and oxygen atoms in total. The molecule has 0 bridgehead atoms. The number of fused-ring (bicyclic) bond motifs is 1. The summed E-state index contributed by atoms with van der Waals surface area (Å²) in [5.74, 6) is -0.0141. The fourth-order valence-corrected chi connectivity index (χ4v) is 5.86. The molecule has 1 saturated heterocycles. The third-order valence-corrected chi connectivity index (χ3v) is 7.40. The first-order valence-electron chi connectivity index (χ1n) is 10.7. The van der Waals surface area contributed by atoms with Gasteiger partial charge in [-0.2, -0.15) is 0 Å². The molecule has 2 saturated carbocycles. The number of hydrogen-bond donors (Lipinski definition) is 3. The lowest BCUT2D eigenvalue weighted by atomic mass is 9.50. The van der Waals surface area contributed by atoms with E-state index in [1.807, 2.05) is 12.1 Å². The molecule has 3 fully saturated rings. The van der Waals surface area contributed by atoms with Crippen molar-refractivity contribution in [1.29, 1.82) is 0 Å². The third kappa shape index (κ3) is 3.16. The van der Waals surface area contributed by atoms with Gasteiger partial charge in [0.25, 0.3) is 5.91 Å². The normalized spacial score (nSPS) is 33.3. The number of imide groups is 1. The number of benzene rings is 1. The number of hydrogen-bond acceptors (Lipinski definition) is 5. The Hall–Kier alpha value is -2.25. The summed E-state index contributed by atoms with van der Waals surface area (Å²) < 4.78 is 0. The van der Waals surface area contributed by atoms with E-state index in [0.29, 0.717) is 30.0 Å². The van der Waals surface area contributed by atoms with Crippen molar-refractivity contribution in [2.45, 2.75) is 63.7 Å². The smallest absolute Gasteiger partial charge is 0.255 e. The van der Waals surface area contributed by atoms with Crippen LogP contribution in [0.15, 0.2) is 18.2 Å². The van der Waals surface area contributed by atoms with Gasteiger partial charge in [0.1, 0.15) is 6.04 Å². The van der Waals surface area contributed by atoms with Gasteiger partial charge in [-0.25, -0.2) is 0 Å². The summed E-state index contributed by atoms with van der Waals surface area (Å²) in [6.07, 6.45) is 5.67. The lowest BCUT2D eigenvalue weighted by Gasteiger charge is -2.58. The molecule has 1 spiro atoms.